The number of hydrogen-bond donors (Lipinski definition) is 1. The maximum absolute atomic E-state index is 14.6. The molecule has 0 bridgehead atoms. The number of aromatic hydroxyl groups is 1. The molecular formula is C37H29IN2O5. The van der Waals surface area contributed by atoms with Crippen LogP contribution in [0.25, 0.3) is 10.8 Å². The molecule has 8 heteroatoms. The van der Waals surface area contributed by atoms with E-state index in [2.05, 4.69) is 28.7 Å². The van der Waals surface area contributed by atoms with Crippen molar-refractivity contribution in [3.05, 3.63) is 112 Å². The Balaban J connectivity index is 1.31. The molecule has 4 aromatic carbocycles. The van der Waals surface area contributed by atoms with E-state index in [4.69, 9.17) is 0 Å². The molecule has 45 heavy (non-hydrogen) atoms. The molecule has 0 aromatic heterocycles. The van der Waals surface area contributed by atoms with Gasteiger partial charge in [0.2, 0.25) is 23.6 Å². The van der Waals surface area contributed by atoms with Crippen molar-refractivity contribution in [2.24, 2.45) is 29.1 Å². The van der Waals surface area contributed by atoms with Crippen LogP contribution in [0.1, 0.15) is 31.2 Å². The van der Waals surface area contributed by atoms with Crippen LogP contribution in [0.3, 0.4) is 0 Å². The highest BCUT2D eigenvalue weighted by Crippen LogP contribution is 2.64. The van der Waals surface area contributed by atoms with Gasteiger partial charge in [0.15, 0.2) is 0 Å². The van der Waals surface area contributed by atoms with E-state index in [0.29, 0.717) is 29.6 Å². The lowest BCUT2D eigenvalue weighted by Crippen LogP contribution is -2.49. The van der Waals surface area contributed by atoms with Gasteiger partial charge in [0, 0.05) is 14.9 Å². The number of phenols is 1. The zero-order valence-corrected chi connectivity index (χ0v) is 26.5. The highest BCUT2D eigenvalue weighted by molar-refractivity contribution is 14.1. The highest BCUT2D eigenvalue weighted by atomic mass is 127. The SMILES string of the molecule is C[C@@]12C(=O)N(c3ccccc3)C(=O)[C@@H]1C[C@@H]1C(=CC[C@@H]3C(=O)N(c4ccc(I)cc4)C(=O)[C@@H]31)[C@@H]2c1ccc(O)c2ccccc12. The number of carbonyl (C=O) groups excluding carboxylic acids is 4. The van der Waals surface area contributed by atoms with Crippen LogP contribution in [0.4, 0.5) is 11.4 Å². The maximum atomic E-state index is 14.6. The number of imide groups is 2. The first-order valence-corrected chi connectivity index (χ1v) is 16.3. The minimum Gasteiger partial charge on any atom is -0.507 e. The number of fused-ring (bicyclic) bond motifs is 5. The molecule has 2 aliphatic carbocycles. The van der Waals surface area contributed by atoms with Crippen LogP contribution in [0.5, 0.6) is 5.75 Å². The van der Waals surface area contributed by atoms with Gasteiger partial charge in [-0.3, -0.25) is 24.1 Å². The Kier molecular flexibility index (Phi) is 6.33. The first kappa shape index (κ1) is 28.2. The minimum absolute atomic E-state index is 0.130. The second-order valence-corrected chi connectivity index (χ2v) is 14.0. The summed E-state index contributed by atoms with van der Waals surface area (Å²) in [7, 11) is 0. The zero-order valence-electron chi connectivity index (χ0n) is 24.4. The summed E-state index contributed by atoms with van der Waals surface area (Å²) in [5, 5.41) is 12.2. The van der Waals surface area contributed by atoms with E-state index in [0.717, 1.165) is 20.1 Å². The summed E-state index contributed by atoms with van der Waals surface area (Å²) in [6.07, 6.45) is 2.73. The fraction of sp³-hybridized carbons (Fsp3) is 0.243. The third-order valence-electron chi connectivity index (χ3n) is 10.6. The smallest absolute Gasteiger partial charge is 0.241 e. The van der Waals surface area contributed by atoms with Crippen LogP contribution >= 0.6 is 22.6 Å². The van der Waals surface area contributed by atoms with Crippen molar-refractivity contribution in [3.63, 3.8) is 0 Å². The van der Waals surface area contributed by atoms with Crippen LogP contribution in [0.15, 0.2) is 103 Å². The van der Waals surface area contributed by atoms with Gasteiger partial charge in [0.05, 0.1) is 34.5 Å². The lowest BCUT2D eigenvalue weighted by atomic mass is 9.51. The number of anilines is 2. The molecule has 0 radical (unpaired) electrons. The molecule has 2 saturated heterocycles. The van der Waals surface area contributed by atoms with E-state index in [1.54, 1.807) is 42.5 Å². The number of nitrogens with zero attached hydrogens (tertiary/aromatic N) is 2. The summed E-state index contributed by atoms with van der Waals surface area (Å²) in [6, 6.07) is 27.3. The van der Waals surface area contributed by atoms with E-state index in [9.17, 15) is 24.3 Å². The van der Waals surface area contributed by atoms with Gasteiger partial charge in [-0.05, 0) is 102 Å². The molecule has 4 aliphatic rings. The number of carbonyl (C=O) groups is 4. The molecule has 2 heterocycles. The van der Waals surface area contributed by atoms with E-state index >= 15 is 0 Å². The lowest BCUT2D eigenvalue weighted by molar-refractivity contribution is -0.131. The van der Waals surface area contributed by atoms with E-state index in [-0.39, 0.29) is 29.4 Å². The standard InChI is InChI=1S/C37H29IN2O5/c1-37-29(34(43)40(36(37)45)21-7-3-2-4-8-21)19-28-26(32(37)25-17-18-30(41)24-10-6-5-9-23(24)25)15-16-27-31(28)35(44)39(33(27)42)22-13-11-20(38)12-14-22/h2-15,17-18,27-29,31-32,41H,16,19H2,1H3/t27-,28+,29-,31-,32-,37+/m0/s1. The number of hydrogen-bond acceptors (Lipinski definition) is 5. The van der Waals surface area contributed by atoms with Crippen LogP contribution in [0.2, 0.25) is 0 Å². The van der Waals surface area contributed by atoms with Gasteiger partial charge in [0.25, 0.3) is 0 Å². The summed E-state index contributed by atoms with van der Waals surface area (Å²) in [6.45, 7) is 1.88. The molecule has 7 nitrogen and oxygen atoms in total. The van der Waals surface area contributed by atoms with Crippen molar-refractivity contribution in [1.29, 1.82) is 0 Å². The maximum Gasteiger partial charge on any atom is 0.241 e. The monoisotopic (exact) mass is 708 g/mol. The van der Waals surface area contributed by atoms with E-state index < -0.39 is 35.0 Å². The van der Waals surface area contributed by atoms with Crippen molar-refractivity contribution in [2.75, 3.05) is 9.80 Å². The van der Waals surface area contributed by atoms with Crippen LogP contribution in [-0.4, -0.2) is 28.7 Å². The van der Waals surface area contributed by atoms with E-state index in [1.165, 1.54) is 9.80 Å². The molecule has 0 spiro atoms. The highest BCUT2D eigenvalue weighted by Gasteiger charge is 2.67. The number of amides is 4. The molecular weight excluding hydrogens is 679 g/mol. The Morgan fingerprint density at radius 2 is 1.40 bits per heavy atom. The van der Waals surface area contributed by atoms with Crippen molar-refractivity contribution in [2.45, 2.75) is 25.7 Å². The molecule has 224 valence electrons. The van der Waals surface area contributed by atoms with E-state index in [1.807, 2.05) is 55.5 Å². The molecule has 1 N–H and O–H groups in total. The fourth-order valence-electron chi connectivity index (χ4n) is 8.59. The molecule has 3 fully saturated rings. The van der Waals surface area contributed by atoms with Crippen LogP contribution in [-0.2, 0) is 19.2 Å². The molecule has 0 unspecified atom stereocenters. The normalized spacial score (nSPS) is 29.1. The predicted octanol–water partition coefficient (Wildman–Crippen LogP) is 6.59. The third-order valence-corrected chi connectivity index (χ3v) is 11.3. The zero-order chi connectivity index (χ0) is 31.2. The average molecular weight is 709 g/mol. The molecule has 8 rings (SSSR count). The van der Waals surface area contributed by atoms with Crippen molar-refractivity contribution in [3.8, 4) is 5.75 Å². The molecule has 2 aliphatic heterocycles. The Morgan fingerprint density at radius 3 is 2.13 bits per heavy atom. The Morgan fingerprint density at radius 1 is 0.733 bits per heavy atom. The number of allylic oxidation sites excluding steroid dienone is 2. The van der Waals surface area contributed by atoms with Crippen LogP contribution < -0.4 is 9.80 Å². The number of rotatable bonds is 3. The summed E-state index contributed by atoms with van der Waals surface area (Å²) in [5.74, 6) is -3.74. The van der Waals surface area contributed by atoms with Crippen molar-refractivity contribution < 1.29 is 24.3 Å². The number of phenolic OH excluding ortho intramolecular Hbond substituents is 1. The summed E-state index contributed by atoms with van der Waals surface area (Å²) in [4.78, 5) is 59.7. The first-order chi connectivity index (χ1) is 21.7. The summed E-state index contributed by atoms with van der Waals surface area (Å²) >= 11 is 2.19. The second-order valence-electron chi connectivity index (χ2n) is 12.7. The topological polar surface area (TPSA) is 95.0 Å². The quantitative estimate of drug-likeness (QED) is 0.147. The Bertz CT molecular complexity index is 1970. The Hall–Kier alpha value is -4.31. The van der Waals surface area contributed by atoms with Gasteiger partial charge in [-0.2, -0.15) is 0 Å². The lowest BCUT2D eigenvalue weighted by Gasteiger charge is -2.49. The van der Waals surface area contributed by atoms with Crippen molar-refractivity contribution >= 4 is 68.4 Å². The van der Waals surface area contributed by atoms with Gasteiger partial charge in [-0.15, -0.1) is 0 Å². The summed E-state index contributed by atoms with van der Waals surface area (Å²) in [5.41, 5.74) is 1.67. The number of para-hydroxylation sites is 1. The number of halogens is 1. The second kappa shape index (κ2) is 10.1. The van der Waals surface area contributed by atoms with Crippen molar-refractivity contribution in [1.82, 2.24) is 0 Å². The number of benzene rings is 4. The van der Waals surface area contributed by atoms with Gasteiger partial charge in [0.1, 0.15) is 5.75 Å². The minimum atomic E-state index is -1.15. The molecule has 6 atom stereocenters. The Labute approximate surface area is 273 Å². The molecule has 1 saturated carbocycles. The third kappa shape index (κ3) is 3.87. The van der Waals surface area contributed by atoms with Gasteiger partial charge in [-0.1, -0.05) is 60.2 Å². The average Bonchev–Trinajstić information content (AvgIpc) is 3.42. The molecule has 4 amide bonds. The predicted molar refractivity (Wildman–Crippen MR) is 178 cm³/mol. The molecule has 4 aromatic rings. The largest absolute Gasteiger partial charge is 0.507 e. The van der Waals surface area contributed by atoms with Gasteiger partial charge < -0.3 is 5.11 Å². The fourth-order valence-corrected chi connectivity index (χ4v) is 8.94. The van der Waals surface area contributed by atoms with Crippen LogP contribution in [0, 0.1) is 32.7 Å². The summed E-state index contributed by atoms with van der Waals surface area (Å²) < 4.78 is 1.000. The van der Waals surface area contributed by atoms with Gasteiger partial charge >= 0.3 is 0 Å². The first-order valence-electron chi connectivity index (χ1n) is 15.2. The van der Waals surface area contributed by atoms with Gasteiger partial charge in [-0.25, -0.2) is 4.90 Å².